The second kappa shape index (κ2) is 9.35. The van der Waals surface area contributed by atoms with E-state index in [1.54, 1.807) is 49.4 Å². The average molecular weight is 427 g/mol. The summed E-state index contributed by atoms with van der Waals surface area (Å²) in [4.78, 5) is 16.3. The van der Waals surface area contributed by atoms with Crippen LogP contribution in [-0.2, 0) is 6.61 Å². The van der Waals surface area contributed by atoms with E-state index in [1.165, 1.54) is 0 Å². The first kappa shape index (κ1) is 20.5. The van der Waals surface area contributed by atoms with Crippen molar-refractivity contribution in [1.82, 2.24) is 15.5 Å². The molecule has 2 heterocycles. The molecule has 3 aromatic rings. The van der Waals surface area contributed by atoms with Gasteiger partial charge in [-0.25, -0.2) is 0 Å². The van der Waals surface area contributed by atoms with Gasteiger partial charge < -0.3 is 33.9 Å². The normalized spacial score (nSPS) is 13.0. The van der Waals surface area contributed by atoms with Gasteiger partial charge in [-0.05, 0) is 36.4 Å². The maximum absolute atomic E-state index is 12.3. The van der Waals surface area contributed by atoms with Crippen molar-refractivity contribution in [3.63, 3.8) is 0 Å². The first-order valence-corrected chi connectivity index (χ1v) is 9.57. The van der Waals surface area contributed by atoms with Crippen molar-refractivity contribution in [2.75, 3.05) is 19.9 Å². The first-order chi connectivity index (χ1) is 15.1. The first-order valence-electron chi connectivity index (χ1n) is 9.57. The molecular weight excluding hydrogens is 406 g/mol. The van der Waals surface area contributed by atoms with Crippen LogP contribution in [0.15, 0.2) is 47.0 Å². The number of amides is 1. The minimum atomic E-state index is -0.879. The molecule has 0 saturated carbocycles. The number of hydrogen-bond acceptors (Lipinski definition) is 9. The van der Waals surface area contributed by atoms with Crippen LogP contribution in [0.1, 0.15) is 22.1 Å². The third-order valence-electron chi connectivity index (χ3n) is 4.34. The van der Waals surface area contributed by atoms with E-state index in [0.29, 0.717) is 40.3 Å². The SMILES string of the molecule is Cc1nc(COc2ccc(C(=O)NCC(O)COc3ccc4c(c3)OCO4)cc2)no1. The van der Waals surface area contributed by atoms with Crippen LogP contribution >= 0.6 is 0 Å². The maximum atomic E-state index is 12.3. The largest absolute Gasteiger partial charge is 0.491 e. The number of carbonyl (C=O) groups is 1. The van der Waals surface area contributed by atoms with Gasteiger partial charge in [0.15, 0.2) is 18.1 Å². The van der Waals surface area contributed by atoms with E-state index in [0.717, 1.165) is 0 Å². The highest BCUT2D eigenvalue weighted by atomic mass is 16.7. The third-order valence-corrected chi connectivity index (χ3v) is 4.34. The summed E-state index contributed by atoms with van der Waals surface area (Å²) >= 11 is 0. The van der Waals surface area contributed by atoms with Crippen molar-refractivity contribution in [1.29, 1.82) is 0 Å². The Bertz CT molecular complexity index is 1040. The summed E-state index contributed by atoms with van der Waals surface area (Å²) < 4.78 is 26.5. The van der Waals surface area contributed by atoms with Gasteiger partial charge in [0.05, 0.1) is 0 Å². The van der Waals surface area contributed by atoms with Crippen LogP contribution in [0, 0.1) is 6.92 Å². The summed E-state index contributed by atoms with van der Waals surface area (Å²) in [7, 11) is 0. The standard InChI is InChI=1S/C21H21N3O7/c1-13-23-20(24-31-13)11-28-16-4-2-14(3-5-16)21(26)22-9-15(25)10-27-17-6-7-18-19(8-17)30-12-29-18/h2-8,15,25H,9-12H2,1H3,(H,22,26). The number of carbonyl (C=O) groups excluding carboxylic acids is 1. The van der Waals surface area contributed by atoms with Crippen LogP contribution in [0.3, 0.4) is 0 Å². The quantitative estimate of drug-likeness (QED) is 0.526. The van der Waals surface area contributed by atoms with Crippen LogP contribution < -0.4 is 24.3 Å². The molecule has 1 aliphatic rings. The van der Waals surface area contributed by atoms with E-state index in [2.05, 4.69) is 15.5 Å². The molecule has 31 heavy (non-hydrogen) atoms. The van der Waals surface area contributed by atoms with Crippen LogP contribution in [0.2, 0.25) is 0 Å². The topological polar surface area (TPSA) is 125 Å². The fraction of sp³-hybridized carbons (Fsp3) is 0.286. The van der Waals surface area contributed by atoms with Crippen molar-refractivity contribution in [2.24, 2.45) is 0 Å². The van der Waals surface area contributed by atoms with Crippen molar-refractivity contribution in [2.45, 2.75) is 19.6 Å². The number of benzene rings is 2. The van der Waals surface area contributed by atoms with Crippen LogP contribution in [-0.4, -0.2) is 47.2 Å². The molecule has 0 aliphatic carbocycles. The minimum Gasteiger partial charge on any atom is -0.491 e. The van der Waals surface area contributed by atoms with Crippen LogP contribution in [0.4, 0.5) is 0 Å². The van der Waals surface area contributed by atoms with Crippen molar-refractivity contribution in [3.05, 3.63) is 59.7 Å². The van der Waals surface area contributed by atoms with E-state index in [4.69, 9.17) is 23.5 Å². The van der Waals surface area contributed by atoms with Gasteiger partial charge in [0.2, 0.25) is 18.5 Å². The molecule has 0 bridgehead atoms. The molecule has 1 aromatic heterocycles. The Morgan fingerprint density at radius 3 is 2.68 bits per heavy atom. The fourth-order valence-electron chi connectivity index (χ4n) is 2.78. The number of aryl methyl sites for hydroxylation is 1. The second-order valence-corrected chi connectivity index (χ2v) is 6.73. The predicted octanol–water partition coefficient (Wildman–Crippen LogP) is 1.86. The van der Waals surface area contributed by atoms with Crippen molar-refractivity contribution in [3.8, 4) is 23.0 Å². The molecule has 0 saturated heterocycles. The van der Waals surface area contributed by atoms with Gasteiger partial charge in [-0.3, -0.25) is 4.79 Å². The van der Waals surface area contributed by atoms with Crippen molar-refractivity contribution < 1.29 is 33.4 Å². The van der Waals surface area contributed by atoms with Gasteiger partial charge in [0.1, 0.15) is 24.2 Å². The number of rotatable bonds is 9. The number of aliphatic hydroxyl groups is 1. The lowest BCUT2D eigenvalue weighted by atomic mass is 10.2. The van der Waals surface area contributed by atoms with Crippen molar-refractivity contribution >= 4 is 5.91 Å². The molecule has 0 spiro atoms. The molecule has 10 nitrogen and oxygen atoms in total. The van der Waals surface area contributed by atoms with Gasteiger partial charge >= 0.3 is 0 Å². The Morgan fingerprint density at radius 1 is 1.13 bits per heavy atom. The summed E-state index contributed by atoms with van der Waals surface area (Å²) in [5, 5.41) is 16.5. The zero-order chi connectivity index (χ0) is 21.6. The summed E-state index contributed by atoms with van der Waals surface area (Å²) in [5.74, 6) is 2.95. The highest BCUT2D eigenvalue weighted by molar-refractivity contribution is 5.94. The Morgan fingerprint density at radius 2 is 1.90 bits per heavy atom. The molecule has 1 unspecified atom stereocenters. The molecule has 0 fully saturated rings. The Balaban J connectivity index is 1.20. The molecule has 0 radical (unpaired) electrons. The lowest BCUT2D eigenvalue weighted by Gasteiger charge is -2.14. The number of nitrogens with one attached hydrogen (secondary N) is 1. The van der Waals surface area contributed by atoms with E-state index >= 15 is 0 Å². The molecule has 162 valence electrons. The molecule has 2 N–H and O–H groups in total. The smallest absolute Gasteiger partial charge is 0.251 e. The lowest BCUT2D eigenvalue weighted by molar-refractivity contribution is 0.0843. The number of ether oxygens (including phenoxy) is 4. The molecule has 1 atom stereocenters. The zero-order valence-corrected chi connectivity index (χ0v) is 16.7. The Hall–Kier alpha value is -3.79. The molecular formula is C21H21N3O7. The maximum Gasteiger partial charge on any atom is 0.251 e. The van der Waals surface area contributed by atoms with Gasteiger partial charge in [0.25, 0.3) is 5.91 Å². The summed E-state index contributed by atoms with van der Waals surface area (Å²) in [6, 6.07) is 11.7. The number of fused-ring (bicyclic) bond motifs is 1. The highest BCUT2D eigenvalue weighted by Crippen LogP contribution is 2.35. The number of hydrogen-bond donors (Lipinski definition) is 2. The Kier molecular flexibility index (Phi) is 6.18. The van der Waals surface area contributed by atoms with Gasteiger partial charge in [-0.1, -0.05) is 5.16 Å². The fourth-order valence-corrected chi connectivity index (χ4v) is 2.78. The third kappa shape index (κ3) is 5.43. The van der Waals surface area contributed by atoms with E-state index < -0.39 is 6.10 Å². The van der Waals surface area contributed by atoms with Crippen LogP contribution in [0.25, 0.3) is 0 Å². The highest BCUT2D eigenvalue weighted by Gasteiger charge is 2.15. The molecule has 4 rings (SSSR count). The minimum absolute atomic E-state index is 0.0161. The van der Waals surface area contributed by atoms with E-state index in [1.807, 2.05) is 0 Å². The van der Waals surface area contributed by atoms with Gasteiger partial charge in [0, 0.05) is 25.1 Å². The number of aromatic nitrogens is 2. The second-order valence-electron chi connectivity index (χ2n) is 6.73. The van der Waals surface area contributed by atoms with E-state index in [9.17, 15) is 9.90 Å². The van der Waals surface area contributed by atoms with Crippen LogP contribution in [0.5, 0.6) is 23.0 Å². The predicted molar refractivity (Wildman–Crippen MR) is 106 cm³/mol. The molecule has 10 heteroatoms. The lowest BCUT2D eigenvalue weighted by Crippen LogP contribution is -2.35. The number of aliphatic hydroxyl groups excluding tert-OH is 1. The monoisotopic (exact) mass is 427 g/mol. The zero-order valence-electron chi connectivity index (χ0n) is 16.7. The van der Waals surface area contributed by atoms with Gasteiger partial charge in [-0.2, -0.15) is 4.98 Å². The molecule has 1 aliphatic heterocycles. The average Bonchev–Trinajstić information content (AvgIpc) is 3.43. The summed E-state index contributed by atoms with van der Waals surface area (Å²) in [6.45, 7) is 2.10. The molecule has 2 aromatic carbocycles. The number of nitrogens with zero attached hydrogens (tertiary/aromatic N) is 2. The molecule has 1 amide bonds. The van der Waals surface area contributed by atoms with E-state index in [-0.39, 0.29) is 32.5 Å². The van der Waals surface area contributed by atoms with Gasteiger partial charge in [-0.15, -0.1) is 0 Å². The Labute approximate surface area is 177 Å². The summed E-state index contributed by atoms with van der Waals surface area (Å²) in [5.41, 5.74) is 0.437. The summed E-state index contributed by atoms with van der Waals surface area (Å²) in [6.07, 6.45) is -0.879.